The fourth-order valence-electron chi connectivity index (χ4n) is 2.37. The number of amides is 2. The third-order valence-corrected chi connectivity index (χ3v) is 5.39. The fraction of sp³-hybridized carbons (Fsp3) is 0.133. The second-order valence-electron chi connectivity index (χ2n) is 5.23. The van der Waals surface area contributed by atoms with Gasteiger partial charge in [-0.1, -0.05) is 11.6 Å². The van der Waals surface area contributed by atoms with E-state index < -0.39 is 21.7 Å². The van der Waals surface area contributed by atoms with Crippen LogP contribution in [0.5, 0.6) is 0 Å². The van der Waals surface area contributed by atoms with Gasteiger partial charge in [0, 0.05) is 18.8 Å². The van der Waals surface area contributed by atoms with Crippen molar-refractivity contribution in [3.05, 3.63) is 53.1 Å². The number of carbonyl (C=O) groups is 1. The molecule has 0 atom stereocenters. The zero-order chi connectivity index (χ0) is 18.2. The van der Waals surface area contributed by atoms with E-state index in [1.807, 2.05) is 0 Å². The van der Waals surface area contributed by atoms with E-state index in [1.54, 1.807) is 0 Å². The molecule has 0 radical (unpaired) electrons. The van der Waals surface area contributed by atoms with E-state index in [9.17, 15) is 22.0 Å². The number of hydrogen-bond acceptors (Lipinski definition) is 3. The first-order valence-corrected chi connectivity index (χ1v) is 8.97. The highest BCUT2D eigenvalue weighted by molar-refractivity contribution is 7.92. The summed E-state index contributed by atoms with van der Waals surface area (Å²) in [5, 5.41) is 2.26. The molecule has 132 valence electrons. The number of nitrogens with zero attached hydrogens (tertiary/aromatic N) is 1. The summed E-state index contributed by atoms with van der Waals surface area (Å²) in [5.41, 5.74) is -0.0168. The lowest BCUT2D eigenvalue weighted by Crippen LogP contribution is -2.27. The number of urea groups is 1. The SMILES string of the molecule is O=C1NCCN1c1ccc(F)c(NS(=O)(=O)c2ccc(F)cc2Cl)c1. The third-order valence-electron chi connectivity index (χ3n) is 3.55. The lowest BCUT2D eigenvalue weighted by atomic mass is 10.2. The van der Waals surface area contributed by atoms with Crippen LogP contribution in [0.25, 0.3) is 0 Å². The van der Waals surface area contributed by atoms with Crippen molar-refractivity contribution in [1.82, 2.24) is 5.32 Å². The van der Waals surface area contributed by atoms with Crippen LogP contribution in [0.3, 0.4) is 0 Å². The molecule has 0 aliphatic carbocycles. The smallest absolute Gasteiger partial charge is 0.321 e. The van der Waals surface area contributed by atoms with Gasteiger partial charge in [-0.3, -0.25) is 9.62 Å². The van der Waals surface area contributed by atoms with Gasteiger partial charge in [-0.2, -0.15) is 0 Å². The normalized spacial score (nSPS) is 14.5. The Morgan fingerprint density at radius 2 is 1.92 bits per heavy atom. The molecular formula is C15H12ClF2N3O3S. The molecule has 3 rings (SSSR count). The van der Waals surface area contributed by atoms with Crippen LogP contribution in [0.15, 0.2) is 41.3 Å². The van der Waals surface area contributed by atoms with Crippen molar-refractivity contribution in [2.75, 3.05) is 22.7 Å². The Morgan fingerprint density at radius 3 is 2.56 bits per heavy atom. The lowest BCUT2D eigenvalue weighted by molar-refractivity contribution is 0.252. The minimum absolute atomic E-state index is 0.331. The van der Waals surface area contributed by atoms with Crippen molar-refractivity contribution < 1.29 is 22.0 Å². The molecule has 1 heterocycles. The van der Waals surface area contributed by atoms with Crippen LogP contribution in [-0.2, 0) is 10.0 Å². The lowest BCUT2D eigenvalue weighted by Gasteiger charge is -2.16. The summed E-state index contributed by atoms with van der Waals surface area (Å²) in [6, 6.07) is 6.01. The molecule has 2 aromatic carbocycles. The van der Waals surface area contributed by atoms with Crippen LogP contribution in [0.1, 0.15) is 0 Å². The first-order chi connectivity index (χ1) is 11.8. The molecule has 6 nitrogen and oxygen atoms in total. The average Bonchev–Trinajstić information content (AvgIpc) is 2.95. The highest BCUT2D eigenvalue weighted by atomic mass is 35.5. The van der Waals surface area contributed by atoms with Gasteiger partial charge < -0.3 is 5.32 Å². The predicted molar refractivity (Wildman–Crippen MR) is 89.4 cm³/mol. The van der Waals surface area contributed by atoms with Crippen LogP contribution >= 0.6 is 11.6 Å². The van der Waals surface area contributed by atoms with Crippen molar-refractivity contribution >= 4 is 39.0 Å². The molecule has 10 heteroatoms. The van der Waals surface area contributed by atoms with Crippen LogP contribution in [0.4, 0.5) is 25.0 Å². The van der Waals surface area contributed by atoms with E-state index in [-0.39, 0.29) is 21.6 Å². The van der Waals surface area contributed by atoms with E-state index in [2.05, 4.69) is 10.0 Å². The summed E-state index contributed by atoms with van der Waals surface area (Å²) in [6.07, 6.45) is 0. The maximum atomic E-state index is 14.0. The van der Waals surface area contributed by atoms with E-state index in [4.69, 9.17) is 11.6 Å². The Labute approximate surface area is 147 Å². The summed E-state index contributed by atoms with van der Waals surface area (Å²) in [4.78, 5) is 12.6. The zero-order valence-electron chi connectivity index (χ0n) is 12.6. The first kappa shape index (κ1) is 17.4. The Hall–Kier alpha value is -2.39. The standard InChI is InChI=1S/C15H12ClF2N3O3S/c16-11-7-9(17)1-4-14(11)25(23,24)20-13-8-10(2-3-12(13)18)21-6-5-19-15(21)22/h1-4,7-8,20H,5-6H2,(H,19,22). The Balaban J connectivity index is 1.95. The molecule has 2 amide bonds. The van der Waals surface area contributed by atoms with Crippen molar-refractivity contribution in [3.63, 3.8) is 0 Å². The maximum Gasteiger partial charge on any atom is 0.321 e. The second kappa shape index (κ2) is 6.49. The Morgan fingerprint density at radius 1 is 1.16 bits per heavy atom. The molecule has 0 aromatic heterocycles. The number of hydrogen-bond donors (Lipinski definition) is 2. The van der Waals surface area contributed by atoms with Gasteiger partial charge in [-0.25, -0.2) is 22.0 Å². The second-order valence-corrected chi connectivity index (χ2v) is 7.29. The quantitative estimate of drug-likeness (QED) is 0.846. The molecule has 25 heavy (non-hydrogen) atoms. The summed E-state index contributed by atoms with van der Waals surface area (Å²) in [6.45, 7) is 0.808. The number of anilines is 2. The summed E-state index contributed by atoms with van der Waals surface area (Å²) >= 11 is 5.76. The summed E-state index contributed by atoms with van der Waals surface area (Å²) < 4.78 is 54.0. The molecule has 1 fully saturated rings. The molecule has 2 aromatic rings. The highest BCUT2D eigenvalue weighted by Crippen LogP contribution is 2.28. The highest BCUT2D eigenvalue weighted by Gasteiger charge is 2.24. The van der Waals surface area contributed by atoms with Crippen molar-refractivity contribution in [2.24, 2.45) is 0 Å². The molecule has 1 aliphatic heterocycles. The van der Waals surface area contributed by atoms with E-state index in [0.29, 0.717) is 18.8 Å². The largest absolute Gasteiger partial charge is 0.336 e. The van der Waals surface area contributed by atoms with Gasteiger partial charge in [-0.05, 0) is 36.4 Å². The monoisotopic (exact) mass is 387 g/mol. The molecular weight excluding hydrogens is 376 g/mol. The predicted octanol–water partition coefficient (Wildman–Crippen LogP) is 2.95. The Bertz CT molecular complexity index is 953. The van der Waals surface area contributed by atoms with E-state index in [0.717, 1.165) is 24.3 Å². The molecule has 2 N–H and O–H groups in total. The van der Waals surface area contributed by atoms with Crippen LogP contribution in [-0.4, -0.2) is 27.5 Å². The minimum atomic E-state index is -4.24. The van der Waals surface area contributed by atoms with Gasteiger partial charge in [-0.15, -0.1) is 0 Å². The topological polar surface area (TPSA) is 78.5 Å². The number of halogens is 3. The maximum absolute atomic E-state index is 14.0. The van der Waals surface area contributed by atoms with Gasteiger partial charge in [0.05, 0.1) is 10.7 Å². The number of nitrogens with one attached hydrogen (secondary N) is 2. The minimum Gasteiger partial charge on any atom is -0.336 e. The number of rotatable bonds is 4. The summed E-state index contributed by atoms with van der Waals surface area (Å²) in [5.74, 6) is -1.53. The molecule has 0 unspecified atom stereocenters. The van der Waals surface area contributed by atoms with E-state index in [1.165, 1.54) is 17.0 Å². The van der Waals surface area contributed by atoms with Gasteiger partial charge in [0.15, 0.2) is 0 Å². The molecule has 0 saturated carbocycles. The molecule has 1 aliphatic rings. The van der Waals surface area contributed by atoms with E-state index >= 15 is 0 Å². The van der Waals surface area contributed by atoms with Gasteiger partial charge in [0.2, 0.25) is 0 Å². The first-order valence-electron chi connectivity index (χ1n) is 7.11. The number of carbonyl (C=O) groups excluding carboxylic acids is 1. The van der Waals surface area contributed by atoms with Gasteiger partial charge in [0.1, 0.15) is 16.5 Å². The molecule has 0 spiro atoms. The number of sulfonamides is 1. The van der Waals surface area contributed by atoms with Crippen LogP contribution in [0, 0.1) is 11.6 Å². The van der Waals surface area contributed by atoms with Gasteiger partial charge in [0.25, 0.3) is 10.0 Å². The third kappa shape index (κ3) is 3.52. The fourth-order valence-corrected chi connectivity index (χ4v) is 3.96. The Kier molecular flexibility index (Phi) is 4.53. The van der Waals surface area contributed by atoms with Crippen molar-refractivity contribution in [3.8, 4) is 0 Å². The van der Waals surface area contributed by atoms with Crippen LogP contribution < -0.4 is 14.9 Å². The van der Waals surface area contributed by atoms with Crippen LogP contribution in [0.2, 0.25) is 5.02 Å². The van der Waals surface area contributed by atoms with Crippen molar-refractivity contribution in [1.29, 1.82) is 0 Å². The van der Waals surface area contributed by atoms with Gasteiger partial charge >= 0.3 is 6.03 Å². The molecule has 0 bridgehead atoms. The molecule has 1 saturated heterocycles. The zero-order valence-corrected chi connectivity index (χ0v) is 14.2. The average molecular weight is 388 g/mol. The summed E-state index contributed by atoms with van der Waals surface area (Å²) in [7, 11) is -4.24. The van der Waals surface area contributed by atoms with Crippen molar-refractivity contribution in [2.45, 2.75) is 4.90 Å². The number of benzene rings is 2.